The molecule has 2 unspecified atom stereocenters. The number of fused-ring (bicyclic) bond motifs is 1. The van der Waals surface area contributed by atoms with Gasteiger partial charge in [0.2, 0.25) is 0 Å². The lowest BCUT2D eigenvalue weighted by Gasteiger charge is -2.52. The Hall–Kier alpha value is -0.660. The second-order valence-electron chi connectivity index (χ2n) is 4.10. The molecule has 0 bridgehead atoms. The quantitative estimate of drug-likeness (QED) is 0.671. The Kier molecular flexibility index (Phi) is 2.94. The van der Waals surface area contributed by atoms with Crippen LogP contribution in [0.1, 0.15) is 33.6 Å². The fourth-order valence-corrected chi connectivity index (χ4v) is 4.01. The predicted molar refractivity (Wildman–Crippen MR) is 64.1 cm³/mol. The molecule has 0 aromatic carbocycles. The van der Waals surface area contributed by atoms with E-state index in [9.17, 15) is 4.79 Å². The number of allylic oxidation sites excluding steroid dienone is 1. The highest BCUT2D eigenvalue weighted by atomic mass is 32.2. The van der Waals surface area contributed by atoms with Gasteiger partial charge in [-0.25, -0.2) is 4.79 Å². The third-order valence-electron chi connectivity index (χ3n) is 3.37. The number of rotatable bonds is 2. The minimum Gasteiger partial charge on any atom is -0.326 e. The van der Waals surface area contributed by atoms with E-state index in [0.717, 1.165) is 24.3 Å². The molecule has 2 atom stereocenters. The van der Waals surface area contributed by atoms with Crippen LogP contribution in [-0.4, -0.2) is 22.0 Å². The van der Waals surface area contributed by atoms with E-state index in [1.807, 2.05) is 11.8 Å². The molecule has 0 spiro atoms. The summed E-state index contributed by atoms with van der Waals surface area (Å²) in [5.41, 5.74) is 3.73. The van der Waals surface area contributed by atoms with Crippen LogP contribution in [0.3, 0.4) is 0 Å². The zero-order valence-electron chi connectivity index (χ0n) is 9.54. The van der Waals surface area contributed by atoms with Crippen LogP contribution in [-0.2, 0) is 4.79 Å². The molecule has 0 saturated carbocycles. The van der Waals surface area contributed by atoms with Crippen LogP contribution < -0.4 is 0 Å². The normalized spacial score (nSPS) is 29.8. The average Bonchev–Trinajstić information content (AvgIpc) is 2.27. The van der Waals surface area contributed by atoms with Gasteiger partial charge in [0.1, 0.15) is 11.6 Å². The molecule has 2 aliphatic rings. The highest BCUT2D eigenvalue weighted by Crippen LogP contribution is 2.49. The highest BCUT2D eigenvalue weighted by molar-refractivity contribution is 8.00. The van der Waals surface area contributed by atoms with E-state index >= 15 is 0 Å². The molecular weight excluding hydrogens is 206 g/mol. The number of hydrogen-bond acceptors (Lipinski definition) is 3. The van der Waals surface area contributed by atoms with Crippen molar-refractivity contribution in [2.24, 2.45) is 5.92 Å². The van der Waals surface area contributed by atoms with Gasteiger partial charge in [0.05, 0.1) is 5.37 Å². The Labute approximate surface area is 95.4 Å². The van der Waals surface area contributed by atoms with Gasteiger partial charge < -0.3 is 4.90 Å². The summed E-state index contributed by atoms with van der Waals surface area (Å²) in [5, 5.41) is 0.492. The highest BCUT2D eigenvalue weighted by Gasteiger charge is 2.45. The summed E-state index contributed by atoms with van der Waals surface area (Å²) in [6.07, 6.45) is 2.12. The van der Waals surface area contributed by atoms with Gasteiger partial charge in [0.25, 0.3) is 0 Å². The van der Waals surface area contributed by atoms with Crippen molar-refractivity contribution in [2.45, 2.75) is 39.0 Å². The van der Waals surface area contributed by atoms with E-state index in [0.29, 0.717) is 11.3 Å². The Morgan fingerprint density at radius 2 is 2.20 bits per heavy atom. The Bertz CT molecular complexity index is 355. The van der Waals surface area contributed by atoms with Gasteiger partial charge >= 0.3 is 0 Å². The maximum absolute atomic E-state index is 10.9. The minimum atomic E-state index is 0.382. The number of carbonyl (C=O) groups excluding carboxylic acids is 1. The smallest absolute Gasteiger partial charge is 0.146 e. The van der Waals surface area contributed by atoms with Gasteiger partial charge in [-0.15, -0.1) is 11.8 Å². The molecular formula is C12H17NOS. The molecule has 0 radical (unpaired) electrons. The first-order chi connectivity index (χ1) is 7.24. The molecule has 82 valence electrons. The summed E-state index contributed by atoms with van der Waals surface area (Å²) in [6, 6.07) is 0. The second-order valence-corrected chi connectivity index (χ2v) is 5.21. The van der Waals surface area contributed by atoms with E-state index < -0.39 is 0 Å². The third kappa shape index (κ3) is 1.45. The SMILES string of the molecule is CCC1=C(CC)N2C(=C=O)C(C)C2SC1. The molecule has 0 aromatic rings. The van der Waals surface area contributed by atoms with E-state index in [-0.39, 0.29) is 0 Å². The van der Waals surface area contributed by atoms with Crippen LogP contribution in [0.2, 0.25) is 0 Å². The molecule has 2 nitrogen and oxygen atoms in total. The van der Waals surface area contributed by atoms with Crippen molar-refractivity contribution in [1.29, 1.82) is 0 Å². The lowest BCUT2D eigenvalue weighted by atomic mass is 9.93. The summed E-state index contributed by atoms with van der Waals surface area (Å²) in [6.45, 7) is 6.49. The van der Waals surface area contributed by atoms with Crippen molar-refractivity contribution in [3.63, 3.8) is 0 Å². The topological polar surface area (TPSA) is 20.3 Å². The molecule has 0 aliphatic carbocycles. The fourth-order valence-electron chi connectivity index (χ4n) is 2.46. The van der Waals surface area contributed by atoms with Crippen molar-refractivity contribution in [3.8, 4) is 0 Å². The first kappa shape index (κ1) is 10.8. The Morgan fingerprint density at radius 3 is 2.73 bits per heavy atom. The van der Waals surface area contributed by atoms with Gasteiger partial charge in [-0.05, 0) is 18.4 Å². The first-order valence-electron chi connectivity index (χ1n) is 5.61. The molecule has 2 rings (SSSR count). The molecule has 0 aromatic heterocycles. The van der Waals surface area contributed by atoms with E-state index in [1.165, 1.54) is 11.3 Å². The first-order valence-corrected chi connectivity index (χ1v) is 6.66. The van der Waals surface area contributed by atoms with Crippen LogP contribution in [0.15, 0.2) is 17.0 Å². The van der Waals surface area contributed by atoms with Crippen LogP contribution in [0, 0.1) is 5.92 Å². The molecule has 1 saturated heterocycles. The molecule has 3 heteroatoms. The zero-order valence-corrected chi connectivity index (χ0v) is 10.4. The molecule has 15 heavy (non-hydrogen) atoms. The summed E-state index contributed by atoms with van der Waals surface area (Å²) < 4.78 is 0. The van der Waals surface area contributed by atoms with Crippen LogP contribution in [0.25, 0.3) is 0 Å². The van der Waals surface area contributed by atoms with E-state index in [4.69, 9.17) is 0 Å². The largest absolute Gasteiger partial charge is 0.326 e. The second kappa shape index (κ2) is 4.07. The number of hydrogen-bond donors (Lipinski definition) is 0. The predicted octanol–water partition coefficient (Wildman–Crippen LogP) is 2.80. The molecule has 2 heterocycles. The van der Waals surface area contributed by atoms with Gasteiger partial charge in [0.15, 0.2) is 0 Å². The molecule has 1 fully saturated rings. The Morgan fingerprint density at radius 1 is 1.47 bits per heavy atom. The lowest BCUT2D eigenvalue weighted by molar-refractivity contribution is 0.202. The molecule has 2 aliphatic heterocycles. The van der Waals surface area contributed by atoms with E-state index in [2.05, 4.69) is 31.6 Å². The monoisotopic (exact) mass is 223 g/mol. The summed E-state index contributed by atoms with van der Waals surface area (Å²) in [4.78, 5) is 13.1. The van der Waals surface area contributed by atoms with Crippen molar-refractivity contribution in [1.82, 2.24) is 4.90 Å². The van der Waals surface area contributed by atoms with Crippen LogP contribution >= 0.6 is 11.8 Å². The Balaban J connectivity index is 2.36. The van der Waals surface area contributed by atoms with Gasteiger partial charge in [-0.3, -0.25) is 0 Å². The maximum Gasteiger partial charge on any atom is 0.146 e. The molecule has 0 amide bonds. The number of thioether (sulfide) groups is 1. The van der Waals surface area contributed by atoms with E-state index in [1.54, 1.807) is 0 Å². The summed E-state index contributed by atoms with van der Waals surface area (Å²) >= 11 is 1.96. The fraction of sp³-hybridized carbons (Fsp3) is 0.667. The van der Waals surface area contributed by atoms with Crippen LogP contribution in [0.5, 0.6) is 0 Å². The van der Waals surface area contributed by atoms with Crippen molar-refractivity contribution >= 4 is 17.7 Å². The van der Waals surface area contributed by atoms with Crippen molar-refractivity contribution < 1.29 is 4.79 Å². The van der Waals surface area contributed by atoms with Crippen molar-refractivity contribution in [2.75, 3.05) is 5.75 Å². The van der Waals surface area contributed by atoms with Crippen LogP contribution in [0.4, 0.5) is 0 Å². The molecule has 0 N–H and O–H groups in total. The van der Waals surface area contributed by atoms with Crippen molar-refractivity contribution in [3.05, 3.63) is 17.0 Å². The zero-order chi connectivity index (χ0) is 11.0. The summed E-state index contributed by atoms with van der Waals surface area (Å²) in [5.74, 6) is 3.62. The number of nitrogens with zero attached hydrogens (tertiary/aromatic N) is 1. The van der Waals surface area contributed by atoms with Gasteiger partial charge in [-0.1, -0.05) is 20.8 Å². The van der Waals surface area contributed by atoms with Gasteiger partial charge in [0, 0.05) is 17.4 Å². The van der Waals surface area contributed by atoms with Gasteiger partial charge in [-0.2, -0.15) is 0 Å². The minimum absolute atomic E-state index is 0.382. The lowest BCUT2D eigenvalue weighted by Crippen LogP contribution is -2.52. The maximum atomic E-state index is 10.9. The standard InChI is InChI=1S/C12H17NOS/c1-4-9-7-15-12-8(3)11(6-14)13(12)10(9)5-2/h8,12H,4-5,7H2,1-3H3. The third-order valence-corrected chi connectivity index (χ3v) is 4.84. The summed E-state index contributed by atoms with van der Waals surface area (Å²) in [7, 11) is 0. The average molecular weight is 223 g/mol.